The van der Waals surface area contributed by atoms with Crippen molar-refractivity contribution in [2.24, 2.45) is 5.73 Å². The van der Waals surface area contributed by atoms with Crippen LogP contribution < -0.4 is 5.73 Å². The summed E-state index contributed by atoms with van der Waals surface area (Å²) in [5.74, 6) is 0.327. The van der Waals surface area contributed by atoms with Crippen LogP contribution in [0.15, 0.2) is 60.8 Å². The molecular formula is C19H21ClN2. The summed E-state index contributed by atoms with van der Waals surface area (Å²) in [4.78, 5) is 2.35. The minimum Gasteiger partial charge on any atom is -0.377 e. The lowest BCUT2D eigenvalue weighted by molar-refractivity contribution is 0.255. The quantitative estimate of drug-likeness (QED) is 0.923. The summed E-state index contributed by atoms with van der Waals surface area (Å²) in [6, 6.07) is 18.6. The fourth-order valence-electron chi connectivity index (χ4n) is 2.98. The third kappa shape index (κ3) is 3.70. The average Bonchev–Trinajstić information content (AvgIpc) is 2.55. The number of nitrogens with two attached hydrogens (primary N) is 1. The standard InChI is InChI=1S/C19H21ClN2/c20-17-8-4-7-16(13-17)18-14-22(12-10-19(18)21)11-9-15-5-2-1-3-6-15/h1-9,11,13,18-19H,10,12,14,21H2. The summed E-state index contributed by atoms with van der Waals surface area (Å²) in [5, 5.41) is 0.779. The maximum atomic E-state index is 6.34. The first kappa shape index (κ1) is 15.1. The van der Waals surface area contributed by atoms with E-state index in [1.807, 2.05) is 24.3 Å². The summed E-state index contributed by atoms with van der Waals surface area (Å²) in [6.45, 7) is 1.94. The van der Waals surface area contributed by atoms with Gasteiger partial charge in [-0.3, -0.25) is 0 Å². The molecule has 2 nitrogen and oxygen atoms in total. The lowest BCUT2D eigenvalue weighted by atomic mass is 9.87. The van der Waals surface area contributed by atoms with Crippen molar-refractivity contribution >= 4 is 17.7 Å². The van der Waals surface area contributed by atoms with Crippen molar-refractivity contribution in [1.82, 2.24) is 4.90 Å². The van der Waals surface area contributed by atoms with Gasteiger partial charge < -0.3 is 10.6 Å². The van der Waals surface area contributed by atoms with Crippen LogP contribution in [0.2, 0.25) is 5.02 Å². The highest BCUT2D eigenvalue weighted by atomic mass is 35.5. The van der Waals surface area contributed by atoms with Gasteiger partial charge in [0.25, 0.3) is 0 Å². The van der Waals surface area contributed by atoms with Crippen LogP contribution in [0.25, 0.3) is 6.08 Å². The van der Waals surface area contributed by atoms with Gasteiger partial charge >= 0.3 is 0 Å². The van der Waals surface area contributed by atoms with E-state index in [9.17, 15) is 0 Å². The Morgan fingerprint density at radius 3 is 2.68 bits per heavy atom. The van der Waals surface area contributed by atoms with Crippen LogP contribution in [-0.2, 0) is 0 Å². The molecule has 1 aliphatic rings. The molecule has 2 N–H and O–H groups in total. The molecular weight excluding hydrogens is 292 g/mol. The summed E-state index contributed by atoms with van der Waals surface area (Å²) < 4.78 is 0. The highest BCUT2D eigenvalue weighted by Gasteiger charge is 2.26. The molecule has 2 unspecified atom stereocenters. The first-order chi connectivity index (χ1) is 10.7. The number of halogens is 1. The molecule has 2 atom stereocenters. The largest absolute Gasteiger partial charge is 0.377 e. The zero-order chi connectivity index (χ0) is 15.4. The Hall–Kier alpha value is -1.77. The van der Waals surface area contributed by atoms with Crippen molar-refractivity contribution in [2.45, 2.75) is 18.4 Å². The van der Waals surface area contributed by atoms with Crippen LogP contribution in [0.1, 0.15) is 23.5 Å². The van der Waals surface area contributed by atoms with Gasteiger partial charge in [0.1, 0.15) is 0 Å². The van der Waals surface area contributed by atoms with Gasteiger partial charge in [0, 0.05) is 30.1 Å². The Morgan fingerprint density at radius 1 is 1.09 bits per heavy atom. The number of likely N-dealkylation sites (tertiary alicyclic amines) is 1. The molecule has 0 radical (unpaired) electrons. The second kappa shape index (κ2) is 6.99. The second-order valence-corrected chi connectivity index (χ2v) is 6.27. The number of benzene rings is 2. The van der Waals surface area contributed by atoms with Gasteiger partial charge in [-0.2, -0.15) is 0 Å². The summed E-state index contributed by atoms with van der Waals surface area (Å²) in [7, 11) is 0. The molecule has 1 saturated heterocycles. The molecule has 114 valence electrons. The van der Waals surface area contributed by atoms with Crippen LogP contribution in [-0.4, -0.2) is 24.0 Å². The third-order valence-corrected chi connectivity index (χ3v) is 4.49. The molecule has 0 aromatic heterocycles. The minimum absolute atomic E-state index is 0.194. The average molecular weight is 313 g/mol. The van der Waals surface area contributed by atoms with E-state index in [0.717, 1.165) is 24.5 Å². The maximum Gasteiger partial charge on any atom is 0.0408 e. The smallest absolute Gasteiger partial charge is 0.0408 e. The van der Waals surface area contributed by atoms with E-state index < -0.39 is 0 Å². The molecule has 0 saturated carbocycles. The molecule has 2 aromatic rings. The van der Waals surface area contributed by atoms with Gasteiger partial charge in [0.05, 0.1) is 0 Å². The number of rotatable bonds is 3. The SMILES string of the molecule is NC1CCN(C=Cc2ccccc2)CC1c1cccc(Cl)c1. The summed E-state index contributed by atoms with van der Waals surface area (Å²) >= 11 is 6.12. The molecule has 3 rings (SSSR count). The van der Waals surface area contributed by atoms with Crippen molar-refractivity contribution in [3.8, 4) is 0 Å². The lowest BCUT2D eigenvalue weighted by Gasteiger charge is -2.36. The third-order valence-electron chi connectivity index (χ3n) is 4.25. The summed E-state index contributed by atoms with van der Waals surface area (Å²) in [6.07, 6.45) is 5.33. The van der Waals surface area contributed by atoms with Crippen molar-refractivity contribution < 1.29 is 0 Å². The molecule has 1 heterocycles. The Bertz CT molecular complexity index is 639. The first-order valence-corrected chi connectivity index (χ1v) is 8.08. The van der Waals surface area contributed by atoms with Gasteiger partial charge in [0.2, 0.25) is 0 Å². The van der Waals surface area contributed by atoms with Crippen LogP contribution >= 0.6 is 11.6 Å². The van der Waals surface area contributed by atoms with Crippen molar-refractivity contribution in [2.75, 3.05) is 13.1 Å². The number of hydrogen-bond donors (Lipinski definition) is 1. The van der Waals surface area contributed by atoms with Gasteiger partial charge in [-0.05, 0) is 42.0 Å². The number of hydrogen-bond acceptors (Lipinski definition) is 2. The predicted molar refractivity (Wildman–Crippen MR) is 93.8 cm³/mol. The van der Waals surface area contributed by atoms with Crippen molar-refractivity contribution in [3.05, 3.63) is 76.9 Å². The lowest BCUT2D eigenvalue weighted by Crippen LogP contribution is -2.43. The predicted octanol–water partition coefficient (Wildman–Crippen LogP) is 4.13. The molecule has 0 amide bonds. The Kier molecular flexibility index (Phi) is 4.81. The van der Waals surface area contributed by atoms with Crippen LogP contribution in [0, 0.1) is 0 Å². The van der Waals surface area contributed by atoms with Gasteiger partial charge in [0.15, 0.2) is 0 Å². The Labute approximate surface area is 137 Å². The normalized spacial score (nSPS) is 22.2. The first-order valence-electron chi connectivity index (χ1n) is 7.71. The van der Waals surface area contributed by atoms with Crippen molar-refractivity contribution in [3.63, 3.8) is 0 Å². The fraction of sp³-hybridized carbons (Fsp3) is 0.263. The van der Waals surface area contributed by atoms with E-state index in [1.54, 1.807) is 0 Å². The molecule has 2 aromatic carbocycles. The highest BCUT2D eigenvalue weighted by molar-refractivity contribution is 6.30. The summed E-state index contributed by atoms with van der Waals surface area (Å²) in [5.41, 5.74) is 8.79. The second-order valence-electron chi connectivity index (χ2n) is 5.84. The topological polar surface area (TPSA) is 29.3 Å². The fourth-order valence-corrected chi connectivity index (χ4v) is 3.17. The molecule has 0 spiro atoms. The van der Waals surface area contributed by atoms with Gasteiger partial charge in [-0.1, -0.05) is 54.1 Å². The van der Waals surface area contributed by atoms with Crippen LogP contribution in [0.3, 0.4) is 0 Å². The Morgan fingerprint density at radius 2 is 1.91 bits per heavy atom. The van der Waals surface area contributed by atoms with E-state index in [1.165, 1.54) is 11.1 Å². The molecule has 3 heteroatoms. The van der Waals surface area contributed by atoms with E-state index in [0.29, 0.717) is 5.92 Å². The van der Waals surface area contributed by atoms with E-state index in [-0.39, 0.29) is 6.04 Å². The molecule has 0 aliphatic carbocycles. The highest BCUT2D eigenvalue weighted by Crippen LogP contribution is 2.28. The van der Waals surface area contributed by atoms with Gasteiger partial charge in [-0.25, -0.2) is 0 Å². The van der Waals surface area contributed by atoms with Gasteiger partial charge in [-0.15, -0.1) is 0 Å². The van der Waals surface area contributed by atoms with E-state index in [4.69, 9.17) is 17.3 Å². The number of piperidine rings is 1. The van der Waals surface area contributed by atoms with E-state index >= 15 is 0 Å². The molecule has 1 aliphatic heterocycles. The molecule has 0 bridgehead atoms. The zero-order valence-corrected chi connectivity index (χ0v) is 13.3. The van der Waals surface area contributed by atoms with E-state index in [2.05, 4.69) is 47.5 Å². The van der Waals surface area contributed by atoms with Crippen molar-refractivity contribution in [1.29, 1.82) is 0 Å². The minimum atomic E-state index is 0.194. The molecule has 1 fully saturated rings. The van der Waals surface area contributed by atoms with Crippen LogP contribution in [0.4, 0.5) is 0 Å². The Balaban J connectivity index is 1.72. The zero-order valence-electron chi connectivity index (χ0n) is 12.5. The number of nitrogens with zero attached hydrogens (tertiary/aromatic N) is 1. The molecule has 22 heavy (non-hydrogen) atoms. The monoisotopic (exact) mass is 312 g/mol. The maximum absolute atomic E-state index is 6.34. The van der Waals surface area contributed by atoms with Crippen LogP contribution in [0.5, 0.6) is 0 Å².